The van der Waals surface area contributed by atoms with Gasteiger partial charge in [0, 0.05) is 17.1 Å². The van der Waals surface area contributed by atoms with Crippen LogP contribution in [0.1, 0.15) is 15.9 Å². The molecule has 1 aliphatic heterocycles. The van der Waals surface area contributed by atoms with Crippen LogP contribution >= 0.6 is 15.9 Å². The first-order valence-corrected chi connectivity index (χ1v) is 4.98. The molecule has 14 heavy (non-hydrogen) atoms. The molecule has 0 saturated heterocycles. The normalized spacial score (nSPS) is 15.7. The van der Waals surface area contributed by atoms with Gasteiger partial charge in [0.2, 0.25) is 5.91 Å². The van der Waals surface area contributed by atoms with Crippen LogP contribution in [0.25, 0.3) is 0 Å². The molecule has 0 bridgehead atoms. The third-order valence-electron chi connectivity index (χ3n) is 2.32. The first-order chi connectivity index (χ1) is 6.59. The Bertz CT molecular complexity index is 428. The number of benzene rings is 1. The number of nitrogens with zero attached hydrogens (tertiary/aromatic N) is 1. The van der Waals surface area contributed by atoms with E-state index in [1.807, 2.05) is 6.07 Å². The van der Waals surface area contributed by atoms with Gasteiger partial charge < -0.3 is 0 Å². The standard InChI is InChI=1S/C10H8BrNO2/c1-12-9(13)5-6-4-7(11)2-3-8(6)10(12)14/h2-4H,5H2,1H3. The van der Waals surface area contributed by atoms with Crippen molar-refractivity contribution in [2.45, 2.75) is 6.42 Å². The summed E-state index contributed by atoms with van der Waals surface area (Å²) in [5, 5.41) is 0. The minimum atomic E-state index is -0.219. The van der Waals surface area contributed by atoms with Crippen molar-refractivity contribution in [2.24, 2.45) is 0 Å². The second-order valence-corrected chi connectivity index (χ2v) is 4.15. The second-order valence-electron chi connectivity index (χ2n) is 3.24. The predicted molar refractivity (Wildman–Crippen MR) is 54.9 cm³/mol. The van der Waals surface area contributed by atoms with Gasteiger partial charge in [0.1, 0.15) is 0 Å². The third kappa shape index (κ3) is 1.35. The summed E-state index contributed by atoms with van der Waals surface area (Å²) in [7, 11) is 1.51. The fourth-order valence-corrected chi connectivity index (χ4v) is 1.90. The number of carbonyl (C=O) groups is 2. The number of amides is 2. The van der Waals surface area contributed by atoms with Gasteiger partial charge in [-0.2, -0.15) is 0 Å². The first kappa shape index (κ1) is 9.40. The van der Waals surface area contributed by atoms with Crippen molar-refractivity contribution >= 4 is 27.7 Å². The molecule has 1 heterocycles. The summed E-state index contributed by atoms with van der Waals surface area (Å²) in [6.45, 7) is 0. The smallest absolute Gasteiger partial charge is 0.260 e. The van der Waals surface area contributed by atoms with E-state index in [1.165, 1.54) is 7.05 Å². The average molecular weight is 254 g/mol. The fraction of sp³-hybridized carbons (Fsp3) is 0.200. The Labute approximate surface area is 89.8 Å². The van der Waals surface area contributed by atoms with Crippen LogP contribution in [-0.2, 0) is 11.2 Å². The van der Waals surface area contributed by atoms with Crippen LogP contribution < -0.4 is 0 Å². The van der Waals surface area contributed by atoms with E-state index in [2.05, 4.69) is 15.9 Å². The molecule has 1 aliphatic rings. The average Bonchev–Trinajstić information content (AvgIpc) is 2.14. The molecule has 0 N–H and O–H groups in total. The van der Waals surface area contributed by atoms with E-state index < -0.39 is 0 Å². The summed E-state index contributed by atoms with van der Waals surface area (Å²) >= 11 is 3.31. The maximum absolute atomic E-state index is 11.6. The molecule has 2 rings (SSSR count). The van der Waals surface area contributed by atoms with Gasteiger partial charge in [0.15, 0.2) is 0 Å². The second kappa shape index (κ2) is 3.20. The fourth-order valence-electron chi connectivity index (χ4n) is 1.49. The van der Waals surface area contributed by atoms with E-state index in [9.17, 15) is 9.59 Å². The van der Waals surface area contributed by atoms with Gasteiger partial charge in [0.25, 0.3) is 5.91 Å². The summed E-state index contributed by atoms with van der Waals surface area (Å²) < 4.78 is 0.890. The van der Waals surface area contributed by atoms with Gasteiger partial charge in [-0.1, -0.05) is 15.9 Å². The molecular formula is C10H8BrNO2. The molecule has 2 amide bonds. The van der Waals surface area contributed by atoms with Crippen LogP contribution in [0.4, 0.5) is 0 Å². The number of likely N-dealkylation sites (N-methyl/N-ethyl adjacent to an activating group) is 1. The summed E-state index contributed by atoms with van der Waals surface area (Å²) in [6, 6.07) is 5.36. The van der Waals surface area contributed by atoms with Gasteiger partial charge in [-0.05, 0) is 23.8 Å². The van der Waals surface area contributed by atoms with Crippen molar-refractivity contribution in [3.8, 4) is 0 Å². The Hall–Kier alpha value is -1.16. The van der Waals surface area contributed by atoms with E-state index in [4.69, 9.17) is 0 Å². The largest absolute Gasteiger partial charge is 0.281 e. The molecule has 1 aromatic carbocycles. The lowest BCUT2D eigenvalue weighted by molar-refractivity contribution is -0.127. The van der Waals surface area contributed by atoms with Crippen molar-refractivity contribution in [1.29, 1.82) is 0 Å². The van der Waals surface area contributed by atoms with Crippen molar-refractivity contribution in [1.82, 2.24) is 4.90 Å². The lowest BCUT2D eigenvalue weighted by Gasteiger charge is -2.22. The van der Waals surface area contributed by atoms with Gasteiger partial charge in [0.05, 0.1) is 6.42 Å². The summed E-state index contributed by atoms with van der Waals surface area (Å²) in [6.07, 6.45) is 0.303. The maximum atomic E-state index is 11.6. The molecular weight excluding hydrogens is 246 g/mol. The Morgan fingerprint density at radius 2 is 2.07 bits per heavy atom. The lowest BCUT2D eigenvalue weighted by atomic mass is 9.99. The highest BCUT2D eigenvalue weighted by atomic mass is 79.9. The quantitative estimate of drug-likeness (QED) is 0.659. The zero-order chi connectivity index (χ0) is 10.3. The summed E-state index contributed by atoms with van der Waals surface area (Å²) in [5.41, 5.74) is 1.42. The van der Waals surface area contributed by atoms with E-state index in [0.29, 0.717) is 12.0 Å². The number of hydrogen-bond donors (Lipinski definition) is 0. The molecule has 0 aromatic heterocycles. The number of carbonyl (C=O) groups excluding carboxylic acids is 2. The number of imide groups is 1. The Kier molecular flexibility index (Phi) is 2.15. The van der Waals surface area contributed by atoms with Crippen LogP contribution in [0, 0.1) is 0 Å². The minimum absolute atomic E-state index is 0.152. The predicted octanol–water partition coefficient (Wildman–Crippen LogP) is 1.60. The molecule has 0 fully saturated rings. The minimum Gasteiger partial charge on any atom is -0.281 e. The van der Waals surface area contributed by atoms with E-state index in [1.54, 1.807) is 12.1 Å². The first-order valence-electron chi connectivity index (χ1n) is 4.19. The highest BCUT2D eigenvalue weighted by Gasteiger charge is 2.27. The van der Waals surface area contributed by atoms with Gasteiger partial charge in [-0.25, -0.2) is 0 Å². The number of halogens is 1. The highest BCUT2D eigenvalue weighted by Crippen LogP contribution is 2.22. The van der Waals surface area contributed by atoms with Gasteiger partial charge in [-0.3, -0.25) is 14.5 Å². The molecule has 3 nitrogen and oxygen atoms in total. The zero-order valence-corrected chi connectivity index (χ0v) is 9.17. The molecule has 0 unspecified atom stereocenters. The number of fused-ring (bicyclic) bond motifs is 1. The molecule has 1 aromatic rings. The van der Waals surface area contributed by atoms with Crippen molar-refractivity contribution in [2.75, 3.05) is 7.05 Å². The van der Waals surface area contributed by atoms with Crippen molar-refractivity contribution in [3.05, 3.63) is 33.8 Å². The molecule has 0 spiro atoms. The Balaban J connectivity index is 2.56. The molecule has 0 atom stereocenters. The van der Waals surface area contributed by atoms with Gasteiger partial charge in [-0.15, -0.1) is 0 Å². The monoisotopic (exact) mass is 253 g/mol. The third-order valence-corrected chi connectivity index (χ3v) is 2.81. The summed E-state index contributed by atoms with van der Waals surface area (Å²) in [4.78, 5) is 24.2. The number of hydrogen-bond acceptors (Lipinski definition) is 2. The van der Waals surface area contributed by atoms with Crippen LogP contribution in [0.5, 0.6) is 0 Å². The van der Waals surface area contributed by atoms with E-state index in [0.717, 1.165) is 14.9 Å². The van der Waals surface area contributed by atoms with Gasteiger partial charge >= 0.3 is 0 Å². The van der Waals surface area contributed by atoms with E-state index in [-0.39, 0.29) is 11.8 Å². The zero-order valence-electron chi connectivity index (χ0n) is 7.58. The Morgan fingerprint density at radius 1 is 1.36 bits per heavy atom. The van der Waals surface area contributed by atoms with Crippen LogP contribution in [0.3, 0.4) is 0 Å². The summed E-state index contributed by atoms with van der Waals surface area (Å²) in [5.74, 6) is -0.371. The van der Waals surface area contributed by atoms with Crippen LogP contribution in [0.15, 0.2) is 22.7 Å². The SMILES string of the molecule is CN1C(=O)Cc2cc(Br)ccc2C1=O. The number of rotatable bonds is 0. The molecule has 0 saturated carbocycles. The molecule has 0 radical (unpaired) electrons. The van der Waals surface area contributed by atoms with Crippen molar-refractivity contribution in [3.63, 3.8) is 0 Å². The molecule has 4 heteroatoms. The topological polar surface area (TPSA) is 37.4 Å². The Morgan fingerprint density at radius 3 is 2.79 bits per heavy atom. The molecule has 72 valence electrons. The maximum Gasteiger partial charge on any atom is 0.260 e. The molecule has 0 aliphatic carbocycles. The lowest BCUT2D eigenvalue weighted by Crippen LogP contribution is -2.39. The highest BCUT2D eigenvalue weighted by molar-refractivity contribution is 9.10. The van der Waals surface area contributed by atoms with E-state index >= 15 is 0 Å². The van der Waals surface area contributed by atoms with Crippen molar-refractivity contribution < 1.29 is 9.59 Å². The van der Waals surface area contributed by atoms with Crippen LogP contribution in [0.2, 0.25) is 0 Å². The van der Waals surface area contributed by atoms with Crippen LogP contribution in [-0.4, -0.2) is 23.8 Å².